The Morgan fingerprint density at radius 2 is 2.10 bits per heavy atom. The fourth-order valence-corrected chi connectivity index (χ4v) is 3.18. The summed E-state index contributed by atoms with van der Waals surface area (Å²) in [5, 5.41) is 26.2. The number of fused-ring (bicyclic) bond motifs is 1. The van der Waals surface area contributed by atoms with Gasteiger partial charge in [-0.05, 0) is 24.3 Å². The maximum absolute atomic E-state index is 11.1. The molecule has 3 heterocycles. The Kier molecular flexibility index (Phi) is 4.54. The van der Waals surface area contributed by atoms with Crippen LogP contribution in [0.2, 0.25) is 5.02 Å². The van der Waals surface area contributed by atoms with Crippen LogP contribution < -0.4 is 5.32 Å². The Hall–Kier alpha value is -4.03. The normalized spacial score (nSPS) is 10.7. The molecule has 0 aliphatic heterocycles. The lowest BCUT2D eigenvalue weighted by Gasteiger charge is -2.11. The third kappa shape index (κ3) is 3.44. The lowest BCUT2D eigenvalue weighted by Crippen LogP contribution is -2.12. The topological polar surface area (TPSA) is 130 Å². The number of benzene rings is 1. The zero-order valence-electron chi connectivity index (χ0n) is 15.0. The second-order valence-corrected chi connectivity index (χ2v) is 6.48. The highest BCUT2D eigenvalue weighted by molar-refractivity contribution is 6.35. The molecular formula is C19H12ClN7O2. The van der Waals surface area contributed by atoms with Gasteiger partial charge in [-0.1, -0.05) is 17.7 Å². The van der Waals surface area contributed by atoms with Gasteiger partial charge in [0.1, 0.15) is 23.2 Å². The van der Waals surface area contributed by atoms with Gasteiger partial charge in [-0.25, -0.2) is 14.8 Å². The zero-order chi connectivity index (χ0) is 20.5. The van der Waals surface area contributed by atoms with Crippen molar-refractivity contribution in [1.82, 2.24) is 24.7 Å². The van der Waals surface area contributed by atoms with Crippen molar-refractivity contribution in [2.45, 2.75) is 0 Å². The summed E-state index contributed by atoms with van der Waals surface area (Å²) in [7, 11) is 1.75. The molecule has 142 valence electrons. The highest BCUT2D eigenvalue weighted by Crippen LogP contribution is 2.34. The van der Waals surface area contributed by atoms with Crippen LogP contribution in [0.5, 0.6) is 0 Å². The summed E-state index contributed by atoms with van der Waals surface area (Å²) in [6.07, 6.45) is 2.02. The van der Waals surface area contributed by atoms with Gasteiger partial charge < -0.3 is 5.11 Å². The van der Waals surface area contributed by atoms with Crippen molar-refractivity contribution in [3.8, 4) is 28.7 Å². The molecule has 4 rings (SSSR count). The summed E-state index contributed by atoms with van der Waals surface area (Å²) in [5.41, 5.74) is 2.20. The number of hydrogen-bond donors (Lipinski definition) is 2. The number of nitriles is 1. The van der Waals surface area contributed by atoms with Crippen molar-refractivity contribution in [2.24, 2.45) is 7.05 Å². The van der Waals surface area contributed by atoms with Crippen LogP contribution in [-0.4, -0.2) is 35.9 Å². The van der Waals surface area contributed by atoms with E-state index in [-0.39, 0.29) is 11.5 Å². The number of carboxylic acid groups (broad SMARTS) is 1. The van der Waals surface area contributed by atoms with E-state index in [9.17, 15) is 10.1 Å². The average Bonchev–Trinajstić information content (AvgIpc) is 3.13. The molecule has 0 saturated carbocycles. The van der Waals surface area contributed by atoms with Gasteiger partial charge in [0.2, 0.25) is 0 Å². The van der Waals surface area contributed by atoms with E-state index in [0.29, 0.717) is 33.2 Å². The minimum Gasteiger partial charge on any atom is -0.465 e. The van der Waals surface area contributed by atoms with E-state index >= 15 is 0 Å². The molecule has 0 radical (unpaired) electrons. The molecule has 1 amide bonds. The predicted octanol–water partition coefficient (Wildman–Crippen LogP) is 3.71. The minimum absolute atomic E-state index is 0.163. The standard InChI is InChI=1S/C19H12ClN7O2/c1-27-6-4-13(26-27)17-16(23-14(9-21)18(24-17)25-19(28)29)11-7-10-3-2-5-22-15(10)12(20)8-11/h2-8H,1H3,(H,24,25)(H,28,29). The van der Waals surface area contributed by atoms with Crippen molar-refractivity contribution < 1.29 is 9.90 Å². The Morgan fingerprint density at radius 1 is 1.28 bits per heavy atom. The summed E-state index contributed by atoms with van der Waals surface area (Å²) in [6, 6.07) is 10.7. The SMILES string of the molecule is Cn1ccc(-c2nc(NC(=O)O)c(C#N)nc2-c2cc(Cl)c3ncccc3c2)n1. The highest BCUT2D eigenvalue weighted by Gasteiger charge is 2.20. The van der Waals surface area contributed by atoms with Crippen molar-refractivity contribution in [2.75, 3.05) is 5.32 Å². The molecule has 0 atom stereocenters. The molecule has 0 aliphatic carbocycles. The van der Waals surface area contributed by atoms with Crippen LogP contribution in [0.1, 0.15) is 5.69 Å². The molecule has 0 saturated heterocycles. The van der Waals surface area contributed by atoms with Gasteiger partial charge in [0.05, 0.1) is 10.5 Å². The second-order valence-electron chi connectivity index (χ2n) is 6.07. The first-order chi connectivity index (χ1) is 14.0. The average molecular weight is 406 g/mol. The van der Waals surface area contributed by atoms with Crippen molar-refractivity contribution in [3.63, 3.8) is 0 Å². The summed E-state index contributed by atoms with van der Waals surface area (Å²) in [5.74, 6) is -0.169. The lowest BCUT2D eigenvalue weighted by atomic mass is 10.0. The Balaban J connectivity index is 2.01. The smallest absolute Gasteiger partial charge is 0.410 e. The Labute approximate surface area is 169 Å². The molecule has 2 N–H and O–H groups in total. The number of aryl methyl sites for hydroxylation is 1. The predicted molar refractivity (Wildman–Crippen MR) is 106 cm³/mol. The minimum atomic E-state index is -1.35. The fourth-order valence-electron chi connectivity index (χ4n) is 2.91. The van der Waals surface area contributed by atoms with Crippen LogP contribution in [-0.2, 0) is 7.05 Å². The summed E-state index contributed by atoms with van der Waals surface area (Å²) < 4.78 is 1.58. The number of nitrogens with one attached hydrogen (secondary N) is 1. The van der Waals surface area contributed by atoms with Crippen LogP contribution >= 0.6 is 11.6 Å². The number of anilines is 1. The largest absolute Gasteiger partial charge is 0.465 e. The number of hydrogen-bond acceptors (Lipinski definition) is 6. The molecule has 1 aromatic carbocycles. The molecule has 3 aromatic heterocycles. The molecule has 4 aromatic rings. The van der Waals surface area contributed by atoms with Gasteiger partial charge in [-0.15, -0.1) is 0 Å². The van der Waals surface area contributed by atoms with Crippen LogP contribution in [0, 0.1) is 11.3 Å². The molecule has 0 unspecified atom stereocenters. The van der Waals surface area contributed by atoms with E-state index in [2.05, 4.69) is 25.4 Å². The maximum atomic E-state index is 11.1. The molecule has 0 bridgehead atoms. The third-order valence-corrected chi connectivity index (χ3v) is 4.40. The second kappa shape index (κ2) is 7.18. The molecule has 29 heavy (non-hydrogen) atoms. The van der Waals surface area contributed by atoms with E-state index < -0.39 is 6.09 Å². The maximum Gasteiger partial charge on any atom is 0.410 e. The first kappa shape index (κ1) is 18.3. The van der Waals surface area contributed by atoms with Gasteiger partial charge in [0, 0.05) is 30.4 Å². The molecule has 0 aliphatic rings. The molecular weight excluding hydrogens is 394 g/mol. The molecule has 0 fully saturated rings. The van der Waals surface area contributed by atoms with E-state index in [4.69, 9.17) is 16.7 Å². The summed E-state index contributed by atoms with van der Waals surface area (Å²) in [6.45, 7) is 0. The first-order valence-electron chi connectivity index (χ1n) is 8.33. The zero-order valence-corrected chi connectivity index (χ0v) is 15.7. The van der Waals surface area contributed by atoms with E-state index in [1.807, 2.05) is 18.2 Å². The van der Waals surface area contributed by atoms with E-state index in [1.54, 1.807) is 42.3 Å². The summed E-state index contributed by atoms with van der Waals surface area (Å²) >= 11 is 6.40. The van der Waals surface area contributed by atoms with E-state index in [0.717, 1.165) is 5.39 Å². The van der Waals surface area contributed by atoms with Gasteiger partial charge >= 0.3 is 6.09 Å². The quantitative estimate of drug-likeness (QED) is 0.531. The lowest BCUT2D eigenvalue weighted by molar-refractivity contribution is 0.209. The van der Waals surface area contributed by atoms with Crippen molar-refractivity contribution in [1.29, 1.82) is 5.26 Å². The third-order valence-electron chi connectivity index (χ3n) is 4.12. The number of nitrogens with zero attached hydrogens (tertiary/aromatic N) is 6. The van der Waals surface area contributed by atoms with Crippen molar-refractivity contribution >= 4 is 34.4 Å². The summed E-state index contributed by atoms with van der Waals surface area (Å²) in [4.78, 5) is 24.1. The van der Waals surface area contributed by atoms with E-state index in [1.165, 1.54) is 0 Å². The number of rotatable bonds is 3. The van der Waals surface area contributed by atoms with Crippen LogP contribution in [0.15, 0.2) is 42.7 Å². The number of halogens is 1. The number of aromatic nitrogens is 5. The van der Waals surface area contributed by atoms with Gasteiger partial charge in [-0.3, -0.25) is 15.0 Å². The molecule has 9 nitrogen and oxygen atoms in total. The Morgan fingerprint density at radius 3 is 2.79 bits per heavy atom. The van der Waals surface area contributed by atoms with Gasteiger partial charge in [-0.2, -0.15) is 10.4 Å². The monoisotopic (exact) mass is 405 g/mol. The van der Waals surface area contributed by atoms with Crippen LogP contribution in [0.4, 0.5) is 10.6 Å². The number of carbonyl (C=O) groups is 1. The van der Waals surface area contributed by atoms with Crippen LogP contribution in [0.25, 0.3) is 33.5 Å². The first-order valence-corrected chi connectivity index (χ1v) is 8.71. The fraction of sp³-hybridized carbons (Fsp3) is 0.0526. The number of pyridine rings is 1. The molecule has 10 heteroatoms. The Bertz CT molecular complexity index is 1310. The molecule has 0 spiro atoms. The highest BCUT2D eigenvalue weighted by atomic mass is 35.5. The van der Waals surface area contributed by atoms with Gasteiger partial charge in [0.15, 0.2) is 11.5 Å². The van der Waals surface area contributed by atoms with Crippen molar-refractivity contribution in [3.05, 3.63) is 53.4 Å². The van der Waals surface area contributed by atoms with Gasteiger partial charge in [0.25, 0.3) is 0 Å². The van der Waals surface area contributed by atoms with Crippen LogP contribution in [0.3, 0.4) is 0 Å². The number of amides is 1.